The number of aryl methyl sites for hydroxylation is 1. The van der Waals surface area contributed by atoms with Gasteiger partial charge in [-0.25, -0.2) is 4.98 Å². The van der Waals surface area contributed by atoms with Crippen molar-refractivity contribution >= 4 is 17.0 Å². The van der Waals surface area contributed by atoms with Crippen molar-refractivity contribution in [3.8, 4) is 0 Å². The van der Waals surface area contributed by atoms with Crippen molar-refractivity contribution in [1.29, 1.82) is 0 Å². The summed E-state index contributed by atoms with van der Waals surface area (Å²) < 4.78 is 12.6. The van der Waals surface area contributed by atoms with Crippen LogP contribution in [0.25, 0.3) is 11.0 Å². The second-order valence-electron chi connectivity index (χ2n) is 5.95. The number of hydrogen-bond acceptors (Lipinski definition) is 4. The average molecular weight is 361 g/mol. The maximum absolute atomic E-state index is 5.45. The summed E-state index contributed by atoms with van der Waals surface area (Å²) in [5, 5.41) is 6.67. The van der Waals surface area contributed by atoms with Gasteiger partial charge in [-0.1, -0.05) is 12.1 Å². The van der Waals surface area contributed by atoms with E-state index < -0.39 is 0 Å². The van der Waals surface area contributed by atoms with E-state index in [-0.39, 0.29) is 0 Å². The van der Waals surface area contributed by atoms with Gasteiger partial charge in [-0.05, 0) is 32.4 Å². The molecule has 144 valence electrons. The molecular weight excluding hydrogens is 330 g/mol. The van der Waals surface area contributed by atoms with Crippen molar-refractivity contribution in [1.82, 2.24) is 20.2 Å². The Morgan fingerprint density at radius 1 is 1.19 bits per heavy atom. The fourth-order valence-corrected chi connectivity index (χ4v) is 2.71. The predicted molar refractivity (Wildman–Crippen MR) is 106 cm³/mol. The highest BCUT2D eigenvalue weighted by atomic mass is 16.5. The van der Waals surface area contributed by atoms with Crippen LogP contribution in [0.3, 0.4) is 0 Å². The zero-order chi connectivity index (χ0) is 18.6. The lowest BCUT2D eigenvalue weighted by atomic mass is 10.3. The number of hydrogen-bond donors (Lipinski definition) is 2. The maximum Gasteiger partial charge on any atom is 0.191 e. The first-order chi connectivity index (χ1) is 12.8. The fraction of sp³-hybridized carbons (Fsp3) is 0.579. The van der Waals surface area contributed by atoms with Gasteiger partial charge in [0.05, 0.1) is 24.2 Å². The van der Waals surface area contributed by atoms with Gasteiger partial charge in [-0.3, -0.25) is 4.99 Å². The van der Waals surface area contributed by atoms with Crippen LogP contribution < -0.4 is 10.6 Å². The van der Waals surface area contributed by atoms with E-state index in [4.69, 9.17) is 9.47 Å². The number of methoxy groups -OCH3 is 1. The Labute approximate surface area is 155 Å². The third-order valence-electron chi connectivity index (χ3n) is 3.97. The average Bonchev–Trinajstić information content (AvgIpc) is 2.96. The minimum Gasteiger partial charge on any atom is -0.382 e. The first-order valence-corrected chi connectivity index (χ1v) is 9.27. The molecule has 0 aliphatic carbocycles. The maximum atomic E-state index is 5.45. The highest BCUT2D eigenvalue weighted by Gasteiger charge is 2.06. The number of aliphatic imine (C=N–C) groups is 1. The lowest BCUT2D eigenvalue weighted by Crippen LogP contribution is -2.39. The largest absolute Gasteiger partial charge is 0.382 e. The molecule has 0 spiro atoms. The highest BCUT2D eigenvalue weighted by molar-refractivity contribution is 5.79. The Balaban J connectivity index is 1.78. The van der Waals surface area contributed by atoms with E-state index in [1.165, 1.54) is 5.52 Å². The molecule has 0 aliphatic heterocycles. The van der Waals surface area contributed by atoms with E-state index in [1.807, 2.05) is 25.1 Å². The first-order valence-electron chi connectivity index (χ1n) is 9.27. The van der Waals surface area contributed by atoms with Gasteiger partial charge < -0.3 is 24.7 Å². The lowest BCUT2D eigenvalue weighted by molar-refractivity contribution is 0.0702. The van der Waals surface area contributed by atoms with Gasteiger partial charge in [0.1, 0.15) is 5.82 Å². The topological polar surface area (TPSA) is 72.7 Å². The predicted octanol–water partition coefficient (Wildman–Crippen LogP) is 1.95. The van der Waals surface area contributed by atoms with Gasteiger partial charge in [0.15, 0.2) is 5.96 Å². The van der Waals surface area contributed by atoms with Crippen LogP contribution in [0.4, 0.5) is 0 Å². The summed E-state index contributed by atoms with van der Waals surface area (Å²) in [5.74, 6) is 1.87. The van der Waals surface area contributed by atoms with Gasteiger partial charge in [0, 0.05) is 39.9 Å². The second-order valence-corrected chi connectivity index (χ2v) is 5.95. The van der Waals surface area contributed by atoms with Crippen molar-refractivity contribution in [2.75, 3.05) is 46.6 Å². The second kappa shape index (κ2) is 11.5. The molecule has 1 heterocycles. The van der Waals surface area contributed by atoms with Gasteiger partial charge in [0.2, 0.25) is 0 Å². The number of guanidine groups is 1. The zero-order valence-corrected chi connectivity index (χ0v) is 16.1. The number of imidazole rings is 1. The Morgan fingerprint density at radius 3 is 2.85 bits per heavy atom. The molecule has 0 bridgehead atoms. The first kappa shape index (κ1) is 20.2. The molecule has 0 amide bonds. The molecule has 7 nitrogen and oxygen atoms in total. The fourth-order valence-electron chi connectivity index (χ4n) is 2.71. The molecule has 0 saturated heterocycles. The van der Waals surface area contributed by atoms with Crippen molar-refractivity contribution < 1.29 is 9.47 Å². The smallest absolute Gasteiger partial charge is 0.191 e. The molecule has 26 heavy (non-hydrogen) atoms. The molecule has 2 rings (SSSR count). The van der Waals surface area contributed by atoms with Crippen molar-refractivity contribution in [3.05, 3.63) is 30.1 Å². The quantitative estimate of drug-likeness (QED) is 0.364. The van der Waals surface area contributed by atoms with Crippen molar-refractivity contribution in [2.24, 2.45) is 4.99 Å². The van der Waals surface area contributed by atoms with Crippen molar-refractivity contribution in [2.45, 2.75) is 26.8 Å². The summed E-state index contributed by atoms with van der Waals surface area (Å²) in [6.45, 7) is 9.29. The highest BCUT2D eigenvalue weighted by Crippen LogP contribution is 2.14. The lowest BCUT2D eigenvalue weighted by Gasteiger charge is -2.13. The van der Waals surface area contributed by atoms with Crippen LogP contribution in [0.2, 0.25) is 0 Å². The third-order valence-corrected chi connectivity index (χ3v) is 3.97. The van der Waals surface area contributed by atoms with E-state index in [1.54, 1.807) is 7.11 Å². The number of nitrogens with one attached hydrogen (secondary N) is 2. The minimum absolute atomic E-state index is 0.635. The van der Waals surface area contributed by atoms with E-state index in [0.717, 1.165) is 49.9 Å². The van der Waals surface area contributed by atoms with Gasteiger partial charge >= 0.3 is 0 Å². The van der Waals surface area contributed by atoms with Gasteiger partial charge in [-0.2, -0.15) is 0 Å². The number of fused-ring (bicyclic) bond motifs is 1. The summed E-state index contributed by atoms with van der Waals surface area (Å²) in [6.07, 6.45) is 0.894. The Morgan fingerprint density at radius 2 is 2.04 bits per heavy atom. The van der Waals surface area contributed by atoms with E-state index >= 15 is 0 Å². The molecule has 0 aliphatic rings. The van der Waals surface area contributed by atoms with Crippen molar-refractivity contribution in [3.63, 3.8) is 0 Å². The zero-order valence-electron chi connectivity index (χ0n) is 16.1. The van der Waals surface area contributed by atoms with Gasteiger partial charge in [-0.15, -0.1) is 0 Å². The monoisotopic (exact) mass is 361 g/mol. The molecule has 0 saturated carbocycles. The number of benzene rings is 1. The van der Waals surface area contributed by atoms with Gasteiger partial charge in [0.25, 0.3) is 0 Å². The molecule has 0 atom stereocenters. The van der Waals surface area contributed by atoms with Crippen LogP contribution in [-0.4, -0.2) is 62.1 Å². The molecule has 2 aromatic rings. The van der Waals surface area contributed by atoms with E-state index in [0.29, 0.717) is 19.8 Å². The Hall–Kier alpha value is -2.12. The Kier molecular flexibility index (Phi) is 8.92. The summed E-state index contributed by atoms with van der Waals surface area (Å²) >= 11 is 0. The van der Waals surface area contributed by atoms with E-state index in [2.05, 4.69) is 38.2 Å². The summed E-state index contributed by atoms with van der Waals surface area (Å²) in [6, 6.07) is 8.23. The molecule has 7 heteroatoms. The molecule has 2 N–H and O–H groups in total. The number of para-hydroxylation sites is 2. The number of ether oxygens (including phenoxy) is 2. The van der Waals surface area contributed by atoms with Crippen LogP contribution in [0.5, 0.6) is 0 Å². The molecule has 0 radical (unpaired) electrons. The third kappa shape index (κ3) is 6.31. The van der Waals surface area contributed by atoms with Crippen LogP contribution in [0.1, 0.15) is 19.2 Å². The van der Waals surface area contributed by atoms with Crippen LogP contribution in [0, 0.1) is 6.92 Å². The van der Waals surface area contributed by atoms with Crippen LogP contribution in [-0.2, 0) is 16.0 Å². The summed E-state index contributed by atoms with van der Waals surface area (Å²) in [4.78, 5) is 9.20. The van der Waals surface area contributed by atoms with E-state index in [9.17, 15) is 0 Å². The molecule has 0 unspecified atom stereocenters. The minimum atomic E-state index is 0.635. The molecular formula is C19H31N5O2. The number of rotatable bonds is 11. The molecule has 1 aromatic heterocycles. The van der Waals surface area contributed by atoms with Crippen LogP contribution >= 0.6 is 0 Å². The standard InChI is InChI=1S/C19H31N5O2/c1-4-20-19(21-10-7-13-26-15-14-25-3)22-11-12-24-16(2)23-17-8-5-6-9-18(17)24/h5-6,8-9H,4,7,10-15H2,1-3H3,(H2,20,21,22). The summed E-state index contributed by atoms with van der Waals surface area (Å²) in [7, 11) is 1.68. The normalized spacial score (nSPS) is 11.9. The summed E-state index contributed by atoms with van der Waals surface area (Å²) in [5.41, 5.74) is 2.21. The number of aromatic nitrogens is 2. The number of nitrogens with zero attached hydrogens (tertiary/aromatic N) is 3. The molecule has 0 fully saturated rings. The Bertz CT molecular complexity index is 684. The van der Waals surface area contributed by atoms with Crippen LogP contribution in [0.15, 0.2) is 29.3 Å². The molecule has 1 aromatic carbocycles. The SMILES string of the molecule is CCNC(=NCCCOCCOC)NCCn1c(C)nc2ccccc21.